The number of nitrogens with zero attached hydrogens (tertiary/aromatic N) is 1. The summed E-state index contributed by atoms with van der Waals surface area (Å²) in [6.07, 6.45) is 0. The van der Waals surface area contributed by atoms with Gasteiger partial charge in [-0.3, -0.25) is 24.5 Å². The number of nitro benzene ring substituents is 1. The molecule has 1 spiro atoms. The summed E-state index contributed by atoms with van der Waals surface area (Å²) in [6, 6.07) is 30.1. The summed E-state index contributed by atoms with van der Waals surface area (Å²) in [5, 5.41) is 11.5. The molecule has 3 aliphatic carbocycles. The number of rotatable bonds is 3. The maximum Gasteiger partial charge on any atom is 0.270 e. The summed E-state index contributed by atoms with van der Waals surface area (Å²) in [5.74, 6) is -3.34. The van der Waals surface area contributed by atoms with E-state index in [0.717, 1.165) is 11.1 Å². The van der Waals surface area contributed by atoms with Crippen LogP contribution in [0.4, 0.5) is 5.69 Å². The Morgan fingerprint density at radius 1 is 0.605 bits per heavy atom. The summed E-state index contributed by atoms with van der Waals surface area (Å²) in [6.45, 7) is 0. The summed E-state index contributed by atoms with van der Waals surface area (Å²) >= 11 is 0. The van der Waals surface area contributed by atoms with Crippen molar-refractivity contribution in [1.82, 2.24) is 0 Å². The first-order valence-electron chi connectivity index (χ1n) is 12.6. The molecule has 1 saturated carbocycles. The Labute approximate surface area is 218 Å². The van der Waals surface area contributed by atoms with Crippen molar-refractivity contribution in [2.75, 3.05) is 0 Å². The van der Waals surface area contributed by atoms with E-state index >= 15 is 0 Å². The first kappa shape index (κ1) is 22.5. The van der Waals surface area contributed by atoms with Crippen LogP contribution in [-0.2, 0) is 0 Å². The van der Waals surface area contributed by atoms with Crippen LogP contribution in [0.5, 0.6) is 0 Å². The Morgan fingerprint density at radius 3 is 1.63 bits per heavy atom. The Kier molecular flexibility index (Phi) is 4.67. The van der Waals surface area contributed by atoms with Gasteiger partial charge in [0.1, 0.15) is 5.41 Å². The van der Waals surface area contributed by atoms with Gasteiger partial charge in [0.05, 0.1) is 4.92 Å². The minimum atomic E-state index is -1.52. The fourth-order valence-corrected chi connectivity index (χ4v) is 7.46. The minimum absolute atomic E-state index is 0.153. The molecule has 4 aromatic rings. The molecule has 0 heterocycles. The first-order chi connectivity index (χ1) is 18.5. The van der Waals surface area contributed by atoms with Crippen LogP contribution < -0.4 is 0 Å². The number of benzene rings is 4. The van der Waals surface area contributed by atoms with Crippen molar-refractivity contribution in [2.24, 2.45) is 11.3 Å². The van der Waals surface area contributed by atoms with Crippen molar-refractivity contribution >= 4 is 23.0 Å². The molecule has 0 radical (unpaired) electrons. The molecule has 0 aliphatic heterocycles. The number of nitro groups is 1. The molecule has 6 heteroatoms. The molecule has 0 N–H and O–H groups in total. The third kappa shape index (κ3) is 2.69. The number of non-ortho nitro benzene ring substituents is 1. The van der Waals surface area contributed by atoms with Crippen LogP contribution in [0.2, 0.25) is 0 Å². The van der Waals surface area contributed by atoms with Gasteiger partial charge in [-0.25, -0.2) is 0 Å². The third-order valence-corrected chi connectivity index (χ3v) is 8.75. The third-order valence-electron chi connectivity index (χ3n) is 8.75. The average molecular weight is 500 g/mol. The zero-order chi connectivity index (χ0) is 26.2. The van der Waals surface area contributed by atoms with Gasteiger partial charge >= 0.3 is 0 Å². The van der Waals surface area contributed by atoms with Crippen molar-refractivity contribution in [3.63, 3.8) is 0 Å². The van der Waals surface area contributed by atoms with Gasteiger partial charge in [-0.15, -0.1) is 0 Å². The predicted molar refractivity (Wildman–Crippen MR) is 140 cm³/mol. The van der Waals surface area contributed by atoms with Crippen LogP contribution >= 0.6 is 0 Å². The van der Waals surface area contributed by atoms with Gasteiger partial charge in [-0.2, -0.15) is 0 Å². The lowest BCUT2D eigenvalue weighted by molar-refractivity contribution is -0.384. The molecule has 7 rings (SSSR count). The summed E-state index contributed by atoms with van der Waals surface area (Å²) in [5.41, 5.74) is 1.61. The molecule has 1 fully saturated rings. The van der Waals surface area contributed by atoms with E-state index in [-0.39, 0.29) is 23.0 Å². The fraction of sp³-hybridized carbons (Fsp3) is 0.156. The van der Waals surface area contributed by atoms with Gasteiger partial charge in [0.2, 0.25) is 0 Å². The van der Waals surface area contributed by atoms with E-state index in [2.05, 4.69) is 0 Å². The lowest BCUT2D eigenvalue weighted by atomic mass is 9.62. The van der Waals surface area contributed by atoms with Crippen LogP contribution in [0.3, 0.4) is 0 Å². The number of hydrogen-bond donors (Lipinski definition) is 0. The molecular weight excluding hydrogens is 478 g/mol. The van der Waals surface area contributed by atoms with E-state index < -0.39 is 34.0 Å². The average Bonchev–Trinajstić information content (AvgIpc) is 3.50. The Balaban J connectivity index is 1.58. The zero-order valence-electron chi connectivity index (χ0n) is 20.1. The molecule has 0 bridgehead atoms. The highest BCUT2D eigenvalue weighted by Gasteiger charge is 2.73. The topological polar surface area (TPSA) is 94.3 Å². The number of carbonyl (C=O) groups is 3. The fourth-order valence-electron chi connectivity index (χ4n) is 7.46. The van der Waals surface area contributed by atoms with Crippen molar-refractivity contribution in [2.45, 2.75) is 17.8 Å². The summed E-state index contributed by atoms with van der Waals surface area (Å²) in [7, 11) is 0. The van der Waals surface area contributed by atoms with Crippen LogP contribution in [0.15, 0.2) is 103 Å². The Bertz CT molecular complexity index is 1640. The molecule has 6 nitrogen and oxygen atoms in total. The molecule has 38 heavy (non-hydrogen) atoms. The maximum absolute atomic E-state index is 14.6. The van der Waals surface area contributed by atoms with Gasteiger partial charge in [-0.05, 0) is 16.7 Å². The molecule has 0 amide bonds. The number of carbonyl (C=O) groups excluding carboxylic acids is 3. The van der Waals surface area contributed by atoms with Gasteiger partial charge in [0.25, 0.3) is 5.69 Å². The molecular formula is C32H21NO5. The Morgan fingerprint density at radius 2 is 1.11 bits per heavy atom. The molecule has 184 valence electrons. The largest absolute Gasteiger partial charge is 0.294 e. The van der Waals surface area contributed by atoms with E-state index in [9.17, 15) is 24.5 Å². The highest BCUT2D eigenvalue weighted by Crippen LogP contribution is 2.72. The number of Topliss-reactive ketones (excluding diaryl/α,β-unsaturated/α-hetero) is 3. The Hall–Kier alpha value is -4.71. The number of hydrogen-bond acceptors (Lipinski definition) is 5. The molecule has 4 aromatic carbocycles. The zero-order valence-corrected chi connectivity index (χ0v) is 20.1. The standard InChI is InChI=1S/C32H21NO5/c34-29-24-17-20(33(37)38)15-16-21(24)25-26(29)28(19-11-5-2-6-12-19)32(27(25)18-9-3-1-4-10-18)30(35)22-13-7-8-14-23(22)31(32)36/h1-17,25-28H. The van der Waals surface area contributed by atoms with E-state index in [4.69, 9.17) is 0 Å². The molecule has 0 aromatic heterocycles. The van der Waals surface area contributed by atoms with Crippen LogP contribution in [0, 0.1) is 21.4 Å². The van der Waals surface area contributed by atoms with Gasteiger partial charge in [-0.1, -0.05) is 91.0 Å². The summed E-state index contributed by atoms with van der Waals surface area (Å²) in [4.78, 5) is 54.4. The highest BCUT2D eigenvalue weighted by atomic mass is 16.6. The molecule has 0 saturated heterocycles. The van der Waals surface area contributed by atoms with Crippen LogP contribution in [-0.4, -0.2) is 22.3 Å². The smallest absolute Gasteiger partial charge is 0.270 e. The first-order valence-corrected chi connectivity index (χ1v) is 12.6. The summed E-state index contributed by atoms with van der Waals surface area (Å²) < 4.78 is 0. The lowest BCUT2D eigenvalue weighted by Gasteiger charge is -2.36. The highest BCUT2D eigenvalue weighted by molar-refractivity contribution is 6.31. The predicted octanol–water partition coefficient (Wildman–Crippen LogP) is 6.14. The van der Waals surface area contributed by atoms with Crippen LogP contribution in [0.25, 0.3) is 0 Å². The van der Waals surface area contributed by atoms with E-state index in [1.165, 1.54) is 12.1 Å². The van der Waals surface area contributed by atoms with Gasteiger partial charge in [0, 0.05) is 52.5 Å². The van der Waals surface area contributed by atoms with E-state index in [0.29, 0.717) is 22.3 Å². The lowest BCUT2D eigenvalue weighted by Crippen LogP contribution is -2.42. The van der Waals surface area contributed by atoms with Crippen molar-refractivity contribution in [3.8, 4) is 0 Å². The molecule has 3 aliphatic rings. The molecule has 4 atom stereocenters. The quantitative estimate of drug-likeness (QED) is 0.192. The monoisotopic (exact) mass is 499 g/mol. The van der Waals surface area contributed by atoms with Crippen molar-refractivity contribution < 1.29 is 19.3 Å². The second-order valence-corrected chi connectivity index (χ2v) is 10.3. The molecule has 4 unspecified atom stereocenters. The number of ketones is 3. The second kappa shape index (κ2) is 7.89. The SMILES string of the molecule is O=C1c2cc([N+](=O)[O-])ccc2C2C1C(c1ccccc1)C1(C(=O)c3ccccc3C1=O)C2c1ccccc1. The van der Waals surface area contributed by atoms with Crippen molar-refractivity contribution in [1.29, 1.82) is 0 Å². The second-order valence-electron chi connectivity index (χ2n) is 10.3. The number of fused-ring (bicyclic) bond motifs is 4. The van der Waals surface area contributed by atoms with E-state index in [1.54, 1.807) is 30.3 Å². The minimum Gasteiger partial charge on any atom is -0.294 e. The maximum atomic E-state index is 14.6. The van der Waals surface area contributed by atoms with E-state index in [1.807, 2.05) is 60.7 Å². The van der Waals surface area contributed by atoms with Crippen LogP contribution in [0.1, 0.15) is 65.5 Å². The van der Waals surface area contributed by atoms with Gasteiger partial charge < -0.3 is 0 Å². The van der Waals surface area contributed by atoms with Crippen molar-refractivity contribution in [3.05, 3.63) is 147 Å². The van der Waals surface area contributed by atoms with Gasteiger partial charge in [0.15, 0.2) is 17.3 Å². The normalized spacial score (nSPS) is 24.4.